The molecule has 8 nitrogen and oxygen atoms in total. The number of nitrogens with one attached hydrogen (secondary N) is 2. The highest BCUT2D eigenvalue weighted by atomic mass is 16.5. The van der Waals surface area contributed by atoms with E-state index in [2.05, 4.69) is 20.4 Å². The molecule has 0 fully saturated rings. The first-order valence-electron chi connectivity index (χ1n) is 9.08. The second-order valence-corrected chi connectivity index (χ2v) is 6.56. The van der Waals surface area contributed by atoms with Crippen LogP contribution < -0.4 is 5.32 Å². The van der Waals surface area contributed by atoms with E-state index in [-0.39, 0.29) is 24.9 Å². The number of hydrogen-bond acceptors (Lipinski definition) is 5. The van der Waals surface area contributed by atoms with Crippen molar-refractivity contribution in [2.75, 3.05) is 13.6 Å². The first-order chi connectivity index (χ1) is 14.1. The molecular formula is C21H19N5O3. The molecule has 2 heterocycles. The highest BCUT2D eigenvalue weighted by Crippen LogP contribution is 2.19. The molecule has 0 bridgehead atoms. The zero-order valence-corrected chi connectivity index (χ0v) is 15.8. The molecule has 146 valence electrons. The summed E-state index contributed by atoms with van der Waals surface area (Å²) in [5, 5.41) is 7.43. The van der Waals surface area contributed by atoms with Crippen molar-refractivity contribution >= 4 is 22.7 Å². The Kier molecular flexibility index (Phi) is 5.07. The third kappa shape index (κ3) is 4.01. The van der Waals surface area contributed by atoms with Crippen LogP contribution in [-0.2, 0) is 11.3 Å². The van der Waals surface area contributed by atoms with Crippen molar-refractivity contribution in [1.29, 1.82) is 0 Å². The molecule has 4 rings (SSSR count). The topological polar surface area (TPSA) is 104 Å². The fourth-order valence-corrected chi connectivity index (χ4v) is 3.00. The van der Waals surface area contributed by atoms with Crippen LogP contribution in [0.3, 0.4) is 0 Å². The van der Waals surface area contributed by atoms with Crippen molar-refractivity contribution in [3.63, 3.8) is 0 Å². The van der Waals surface area contributed by atoms with E-state index in [4.69, 9.17) is 4.52 Å². The van der Waals surface area contributed by atoms with Gasteiger partial charge in [0.15, 0.2) is 0 Å². The summed E-state index contributed by atoms with van der Waals surface area (Å²) >= 11 is 0. The van der Waals surface area contributed by atoms with Gasteiger partial charge in [-0.25, -0.2) is 0 Å². The minimum Gasteiger partial charge on any atom is -0.360 e. The van der Waals surface area contributed by atoms with Gasteiger partial charge in [-0.2, -0.15) is 4.98 Å². The standard InChI is InChI=1S/C21H19N5O3/c1-26(21(28)16-11-22-17-10-6-5-9-15(16)17)13-18(27)23-12-19-24-20(25-29-19)14-7-3-2-4-8-14/h2-11,22H,12-13H2,1H3,(H,23,27). The lowest BCUT2D eigenvalue weighted by atomic mass is 10.1. The number of likely N-dealkylation sites (N-methyl/N-ethyl adjacent to an activating group) is 1. The lowest BCUT2D eigenvalue weighted by Crippen LogP contribution is -2.38. The van der Waals surface area contributed by atoms with Crippen LogP contribution in [0.25, 0.3) is 22.3 Å². The van der Waals surface area contributed by atoms with Crippen molar-refractivity contribution in [2.45, 2.75) is 6.54 Å². The van der Waals surface area contributed by atoms with E-state index in [0.717, 1.165) is 16.5 Å². The fraction of sp³-hybridized carbons (Fsp3) is 0.143. The number of rotatable bonds is 6. The summed E-state index contributed by atoms with van der Waals surface area (Å²) in [5.41, 5.74) is 2.23. The van der Waals surface area contributed by atoms with Gasteiger partial charge in [0.05, 0.1) is 18.7 Å². The monoisotopic (exact) mass is 389 g/mol. The maximum Gasteiger partial charge on any atom is 0.256 e. The number of benzene rings is 2. The molecule has 2 N–H and O–H groups in total. The number of hydrogen-bond donors (Lipinski definition) is 2. The maximum atomic E-state index is 12.7. The van der Waals surface area contributed by atoms with Gasteiger partial charge in [-0.15, -0.1) is 0 Å². The predicted molar refractivity (Wildman–Crippen MR) is 107 cm³/mol. The highest BCUT2D eigenvalue weighted by Gasteiger charge is 2.18. The van der Waals surface area contributed by atoms with Gasteiger partial charge in [0.1, 0.15) is 0 Å². The van der Waals surface area contributed by atoms with Gasteiger partial charge in [-0.1, -0.05) is 53.7 Å². The molecule has 0 aliphatic heterocycles. The number of H-pyrrole nitrogens is 1. The van der Waals surface area contributed by atoms with Crippen molar-refractivity contribution in [1.82, 2.24) is 25.3 Å². The quantitative estimate of drug-likeness (QED) is 0.527. The smallest absolute Gasteiger partial charge is 0.256 e. The Morgan fingerprint density at radius 3 is 2.69 bits per heavy atom. The number of aromatic nitrogens is 3. The van der Waals surface area contributed by atoms with Gasteiger partial charge >= 0.3 is 0 Å². The maximum absolute atomic E-state index is 12.7. The minimum absolute atomic E-state index is 0.0853. The van der Waals surface area contributed by atoms with Crippen LogP contribution in [0.1, 0.15) is 16.2 Å². The average molecular weight is 389 g/mol. The van der Waals surface area contributed by atoms with Gasteiger partial charge in [-0.3, -0.25) is 9.59 Å². The van der Waals surface area contributed by atoms with Crippen LogP contribution >= 0.6 is 0 Å². The molecule has 4 aromatic rings. The highest BCUT2D eigenvalue weighted by molar-refractivity contribution is 6.07. The summed E-state index contributed by atoms with van der Waals surface area (Å²) in [7, 11) is 1.59. The number of para-hydroxylation sites is 1. The summed E-state index contributed by atoms with van der Waals surface area (Å²) < 4.78 is 5.17. The van der Waals surface area contributed by atoms with Gasteiger partial charge in [0.2, 0.25) is 17.6 Å². The summed E-state index contributed by atoms with van der Waals surface area (Å²) in [4.78, 5) is 33.6. The molecule has 0 saturated heterocycles. The summed E-state index contributed by atoms with van der Waals surface area (Å²) in [6, 6.07) is 16.9. The van der Waals surface area contributed by atoms with Gasteiger partial charge < -0.3 is 19.7 Å². The molecule has 29 heavy (non-hydrogen) atoms. The van der Waals surface area contributed by atoms with Gasteiger partial charge in [0.25, 0.3) is 5.91 Å². The van der Waals surface area contributed by atoms with Crippen molar-refractivity contribution in [3.8, 4) is 11.4 Å². The Bertz CT molecular complexity index is 1150. The lowest BCUT2D eigenvalue weighted by Gasteiger charge is -2.16. The van der Waals surface area contributed by atoms with E-state index in [9.17, 15) is 9.59 Å². The summed E-state index contributed by atoms with van der Waals surface area (Å²) in [6.45, 7) is 0.00576. The second kappa shape index (κ2) is 7.97. The Hall–Kier alpha value is -3.94. The van der Waals surface area contributed by atoms with E-state index >= 15 is 0 Å². The van der Waals surface area contributed by atoms with Crippen LogP contribution in [0, 0.1) is 0 Å². The fourth-order valence-electron chi connectivity index (χ4n) is 3.00. The second-order valence-electron chi connectivity index (χ2n) is 6.56. The minimum atomic E-state index is -0.319. The molecule has 0 aliphatic carbocycles. The molecule has 0 aliphatic rings. The number of amides is 2. The van der Waals surface area contributed by atoms with Crippen LogP contribution in [0.5, 0.6) is 0 Å². The third-order valence-corrected chi connectivity index (χ3v) is 4.48. The molecule has 0 spiro atoms. The van der Waals surface area contributed by atoms with Crippen LogP contribution in [0.4, 0.5) is 0 Å². The number of fused-ring (bicyclic) bond motifs is 1. The zero-order valence-electron chi connectivity index (χ0n) is 15.8. The number of nitrogens with zero attached hydrogens (tertiary/aromatic N) is 3. The summed E-state index contributed by atoms with van der Waals surface area (Å²) in [6.07, 6.45) is 1.66. The van der Waals surface area contributed by atoms with Crippen LogP contribution in [0.15, 0.2) is 65.3 Å². The lowest BCUT2D eigenvalue weighted by molar-refractivity contribution is -0.121. The van der Waals surface area contributed by atoms with E-state index in [1.54, 1.807) is 13.2 Å². The normalized spacial score (nSPS) is 10.8. The van der Waals surface area contributed by atoms with Crippen molar-refractivity contribution < 1.29 is 14.1 Å². The molecular weight excluding hydrogens is 370 g/mol. The largest absolute Gasteiger partial charge is 0.360 e. The van der Waals surface area contributed by atoms with E-state index in [1.807, 2.05) is 54.6 Å². The number of aromatic amines is 1. The van der Waals surface area contributed by atoms with Crippen molar-refractivity contribution in [3.05, 3.63) is 72.2 Å². The predicted octanol–water partition coefficient (Wildman–Crippen LogP) is 2.61. The first-order valence-corrected chi connectivity index (χ1v) is 9.08. The Balaban J connectivity index is 1.34. The van der Waals surface area contributed by atoms with Gasteiger partial charge in [-0.05, 0) is 6.07 Å². The van der Waals surface area contributed by atoms with E-state index in [1.165, 1.54) is 4.90 Å². The summed E-state index contributed by atoms with van der Waals surface area (Å²) in [5.74, 6) is 0.200. The Morgan fingerprint density at radius 1 is 1.10 bits per heavy atom. The molecule has 2 amide bonds. The van der Waals surface area contributed by atoms with Gasteiger partial charge in [0, 0.05) is 29.7 Å². The average Bonchev–Trinajstić information content (AvgIpc) is 3.39. The molecule has 0 radical (unpaired) electrons. The molecule has 0 unspecified atom stereocenters. The Morgan fingerprint density at radius 2 is 1.86 bits per heavy atom. The number of carbonyl (C=O) groups excluding carboxylic acids is 2. The third-order valence-electron chi connectivity index (χ3n) is 4.48. The molecule has 2 aromatic carbocycles. The van der Waals surface area contributed by atoms with Crippen LogP contribution in [0.2, 0.25) is 0 Å². The zero-order chi connectivity index (χ0) is 20.2. The van der Waals surface area contributed by atoms with E-state index in [0.29, 0.717) is 17.3 Å². The molecule has 2 aromatic heterocycles. The Labute approximate surface area is 166 Å². The van der Waals surface area contributed by atoms with E-state index < -0.39 is 0 Å². The molecule has 8 heteroatoms. The molecule has 0 atom stereocenters. The SMILES string of the molecule is CN(CC(=O)NCc1nc(-c2ccccc2)no1)C(=O)c1c[nH]c2ccccc12. The van der Waals surface area contributed by atoms with Crippen molar-refractivity contribution in [2.24, 2.45) is 0 Å². The number of carbonyl (C=O) groups is 2. The molecule has 0 saturated carbocycles. The van der Waals surface area contributed by atoms with Crippen LogP contribution in [-0.4, -0.2) is 45.4 Å². The first kappa shape index (κ1) is 18.4.